The molecule has 0 saturated heterocycles. The summed E-state index contributed by atoms with van der Waals surface area (Å²) < 4.78 is 10.2. The lowest BCUT2D eigenvalue weighted by atomic mass is 10.1. The molecule has 1 aromatic carbocycles. The average Bonchev–Trinajstić information content (AvgIpc) is 2.68. The number of esters is 2. The Hall–Kier alpha value is -3.03. The molecular weight excluding hydrogens is 350 g/mol. The zero-order valence-corrected chi connectivity index (χ0v) is 15.8. The fraction of sp³-hybridized carbons (Fsp3) is 0.421. The van der Waals surface area contributed by atoms with Gasteiger partial charge in [-0.05, 0) is 45.0 Å². The second-order valence-corrected chi connectivity index (χ2v) is 5.78. The predicted octanol–water partition coefficient (Wildman–Crippen LogP) is 1.82. The number of hydrogen-bond acceptors (Lipinski definition) is 6. The standard InChI is InChI=1S/C19H25N3O5/c1-4-22(5-2)14-9-7-13(8-10-14)17(23)27-12-16-15(18(24)26-6-3)11-20-19(25)21-16/h7-10H,4-6,11-12H2,1-3H3,(H2,20,21,25). The first-order valence-corrected chi connectivity index (χ1v) is 8.96. The Morgan fingerprint density at radius 3 is 2.30 bits per heavy atom. The molecule has 2 amide bonds. The largest absolute Gasteiger partial charge is 0.463 e. The molecule has 1 aliphatic rings. The second kappa shape index (κ2) is 9.61. The van der Waals surface area contributed by atoms with Crippen LogP contribution in [0.25, 0.3) is 0 Å². The van der Waals surface area contributed by atoms with Crippen molar-refractivity contribution < 1.29 is 23.9 Å². The summed E-state index contributed by atoms with van der Waals surface area (Å²) >= 11 is 0. The number of nitrogens with zero attached hydrogens (tertiary/aromatic N) is 1. The van der Waals surface area contributed by atoms with E-state index in [0.717, 1.165) is 18.8 Å². The van der Waals surface area contributed by atoms with Crippen molar-refractivity contribution in [3.63, 3.8) is 0 Å². The van der Waals surface area contributed by atoms with E-state index in [1.165, 1.54) is 0 Å². The molecule has 0 aliphatic carbocycles. The van der Waals surface area contributed by atoms with Crippen molar-refractivity contribution >= 4 is 23.7 Å². The Bertz CT molecular complexity index is 723. The molecule has 1 aliphatic heterocycles. The summed E-state index contributed by atoms with van der Waals surface area (Å²) in [6.07, 6.45) is 0. The summed E-state index contributed by atoms with van der Waals surface area (Å²) in [5.41, 5.74) is 1.88. The molecule has 0 bridgehead atoms. The molecule has 0 aromatic heterocycles. The van der Waals surface area contributed by atoms with Gasteiger partial charge in [-0.15, -0.1) is 0 Å². The molecule has 2 N–H and O–H groups in total. The number of benzene rings is 1. The van der Waals surface area contributed by atoms with Gasteiger partial charge in [0.1, 0.15) is 6.61 Å². The molecule has 8 heteroatoms. The third-order valence-corrected chi connectivity index (χ3v) is 4.16. The first kappa shape index (κ1) is 20.3. The van der Waals surface area contributed by atoms with Crippen molar-refractivity contribution in [1.29, 1.82) is 0 Å². The number of anilines is 1. The summed E-state index contributed by atoms with van der Waals surface area (Å²) in [5, 5.41) is 4.99. The number of nitrogens with one attached hydrogen (secondary N) is 2. The Morgan fingerprint density at radius 1 is 1.04 bits per heavy atom. The van der Waals surface area contributed by atoms with Gasteiger partial charge in [0.2, 0.25) is 0 Å². The Labute approximate surface area is 158 Å². The van der Waals surface area contributed by atoms with Crippen molar-refractivity contribution in [1.82, 2.24) is 10.6 Å². The van der Waals surface area contributed by atoms with Gasteiger partial charge in [0, 0.05) is 18.8 Å². The third-order valence-electron chi connectivity index (χ3n) is 4.16. The van der Waals surface area contributed by atoms with Gasteiger partial charge in [0.15, 0.2) is 0 Å². The lowest BCUT2D eigenvalue weighted by Crippen LogP contribution is -2.45. The van der Waals surface area contributed by atoms with E-state index in [9.17, 15) is 14.4 Å². The number of rotatable bonds is 8. The van der Waals surface area contributed by atoms with Gasteiger partial charge >= 0.3 is 18.0 Å². The van der Waals surface area contributed by atoms with Crippen LogP contribution in [0.4, 0.5) is 10.5 Å². The molecule has 27 heavy (non-hydrogen) atoms. The smallest absolute Gasteiger partial charge is 0.338 e. The van der Waals surface area contributed by atoms with Gasteiger partial charge in [-0.3, -0.25) is 0 Å². The highest BCUT2D eigenvalue weighted by Crippen LogP contribution is 2.16. The van der Waals surface area contributed by atoms with Crippen molar-refractivity contribution in [2.75, 3.05) is 37.7 Å². The van der Waals surface area contributed by atoms with E-state index in [0.29, 0.717) is 5.56 Å². The quantitative estimate of drug-likeness (QED) is 0.673. The van der Waals surface area contributed by atoms with Crippen LogP contribution in [0.5, 0.6) is 0 Å². The van der Waals surface area contributed by atoms with Crippen molar-refractivity contribution in [3.05, 3.63) is 41.1 Å². The van der Waals surface area contributed by atoms with Crippen LogP contribution in [0.1, 0.15) is 31.1 Å². The molecule has 0 spiro atoms. The Morgan fingerprint density at radius 2 is 1.70 bits per heavy atom. The molecule has 0 radical (unpaired) electrons. The first-order valence-electron chi connectivity index (χ1n) is 8.96. The maximum Gasteiger partial charge on any atom is 0.338 e. The SMILES string of the molecule is CCOC(=O)C1=C(COC(=O)c2ccc(N(CC)CC)cc2)NC(=O)NC1. The fourth-order valence-corrected chi connectivity index (χ4v) is 2.69. The van der Waals surface area contributed by atoms with Crippen LogP contribution in [0, 0.1) is 0 Å². The highest BCUT2D eigenvalue weighted by Gasteiger charge is 2.24. The summed E-state index contributed by atoms with van der Waals surface area (Å²) in [6, 6.07) is 6.64. The molecule has 0 fully saturated rings. The van der Waals surface area contributed by atoms with Gasteiger partial charge in [0.05, 0.1) is 30.0 Å². The number of ether oxygens (including phenoxy) is 2. The normalized spacial score (nSPS) is 13.5. The highest BCUT2D eigenvalue weighted by atomic mass is 16.5. The molecule has 8 nitrogen and oxygen atoms in total. The highest BCUT2D eigenvalue weighted by molar-refractivity contribution is 5.94. The summed E-state index contributed by atoms with van der Waals surface area (Å²) in [7, 11) is 0. The molecule has 0 unspecified atom stereocenters. The lowest BCUT2D eigenvalue weighted by Gasteiger charge is -2.21. The molecule has 0 saturated carbocycles. The van der Waals surface area contributed by atoms with E-state index >= 15 is 0 Å². The number of urea groups is 1. The van der Waals surface area contributed by atoms with Crippen LogP contribution in [0.3, 0.4) is 0 Å². The lowest BCUT2D eigenvalue weighted by molar-refractivity contribution is -0.138. The number of hydrogen-bond donors (Lipinski definition) is 2. The monoisotopic (exact) mass is 375 g/mol. The van der Waals surface area contributed by atoms with Crippen molar-refractivity contribution in [2.24, 2.45) is 0 Å². The minimum Gasteiger partial charge on any atom is -0.463 e. The topological polar surface area (TPSA) is 97.0 Å². The van der Waals surface area contributed by atoms with Crippen molar-refractivity contribution in [3.8, 4) is 0 Å². The number of carbonyl (C=O) groups is 3. The summed E-state index contributed by atoms with van der Waals surface area (Å²) in [6.45, 7) is 7.57. The van der Waals surface area contributed by atoms with Gasteiger partial charge in [-0.2, -0.15) is 0 Å². The average molecular weight is 375 g/mol. The van der Waals surface area contributed by atoms with Gasteiger partial charge in [0.25, 0.3) is 0 Å². The summed E-state index contributed by atoms with van der Waals surface area (Å²) in [5.74, 6) is -1.09. The van der Waals surface area contributed by atoms with Crippen LogP contribution < -0.4 is 15.5 Å². The summed E-state index contributed by atoms with van der Waals surface area (Å²) in [4.78, 5) is 37.9. The maximum atomic E-state index is 12.3. The molecule has 0 atom stereocenters. The predicted molar refractivity (Wildman–Crippen MR) is 100 cm³/mol. The van der Waals surface area contributed by atoms with Gasteiger partial charge < -0.3 is 25.0 Å². The number of amides is 2. The first-order chi connectivity index (χ1) is 13.0. The Kier molecular flexibility index (Phi) is 7.22. The van der Waals surface area contributed by atoms with Gasteiger partial charge in [-0.1, -0.05) is 0 Å². The van der Waals surface area contributed by atoms with E-state index in [-0.39, 0.29) is 31.0 Å². The molecule has 1 aromatic rings. The van der Waals surface area contributed by atoms with E-state index in [4.69, 9.17) is 9.47 Å². The second-order valence-electron chi connectivity index (χ2n) is 5.78. The van der Waals surface area contributed by atoms with Crippen LogP contribution in [0.2, 0.25) is 0 Å². The van der Waals surface area contributed by atoms with Crippen LogP contribution >= 0.6 is 0 Å². The van der Waals surface area contributed by atoms with Crippen LogP contribution in [0.15, 0.2) is 35.5 Å². The maximum absolute atomic E-state index is 12.3. The van der Waals surface area contributed by atoms with Crippen LogP contribution in [-0.4, -0.2) is 50.8 Å². The number of carbonyl (C=O) groups excluding carboxylic acids is 3. The molecular formula is C19H25N3O5. The van der Waals surface area contributed by atoms with Crippen molar-refractivity contribution in [2.45, 2.75) is 20.8 Å². The van der Waals surface area contributed by atoms with E-state index in [1.54, 1.807) is 19.1 Å². The van der Waals surface area contributed by atoms with Crippen LogP contribution in [-0.2, 0) is 14.3 Å². The third kappa shape index (κ3) is 5.22. The zero-order chi connectivity index (χ0) is 19.8. The van der Waals surface area contributed by atoms with E-state index in [2.05, 4.69) is 29.4 Å². The zero-order valence-electron chi connectivity index (χ0n) is 15.8. The Balaban J connectivity index is 2.06. The molecule has 1 heterocycles. The van der Waals surface area contributed by atoms with E-state index in [1.807, 2.05) is 12.1 Å². The molecule has 146 valence electrons. The minimum absolute atomic E-state index is 0.0239. The fourth-order valence-electron chi connectivity index (χ4n) is 2.69. The van der Waals surface area contributed by atoms with E-state index < -0.39 is 18.0 Å². The minimum atomic E-state index is -0.556. The molecule has 2 rings (SSSR count). The van der Waals surface area contributed by atoms with Gasteiger partial charge in [-0.25, -0.2) is 14.4 Å².